The molecule has 6 rings (SSSR count). The predicted octanol–water partition coefficient (Wildman–Crippen LogP) is 6.43. The van der Waals surface area contributed by atoms with Crippen molar-refractivity contribution in [1.29, 1.82) is 0 Å². The van der Waals surface area contributed by atoms with Gasteiger partial charge in [0.25, 0.3) is 0 Å². The molecule has 0 fully saturated rings. The molecule has 2 nitrogen and oxygen atoms in total. The molecule has 28 heavy (non-hydrogen) atoms. The molecule has 0 radical (unpaired) electrons. The van der Waals surface area contributed by atoms with Crippen molar-refractivity contribution in [3.63, 3.8) is 0 Å². The smallest absolute Gasteiger partial charge is 0.123 e. The van der Waals surface area contributed by atoms with E-state index in [2.05, 4.69) is 72.8 Å². The van der Waals surface area contributed by atoms with Crippen molar-refractivity contribution in [2.75, 3.05) is 13.2 Å². The Labute approximate surface area is 164 Å². The van der Waals surface area contributed by atoms with E-state index in [1.54, 1.807) is 0 Å². The Morgan fingerprint density at radius 1 is 0.536 bits per heavy atom. The molecule has 2 unspecified atom stereocenters. The second-order valence-corrected chi connectivity index (χ2v) is 7.88. The number of benzene rings is 4. The third-order valence-corrected chi connectivity index (χ3v) is 6.46. The van der Waals surface area contributed by atoms with Gasteiger partial charge < -0.3 is 9.47 Å². The number of ether oxygens (including phenoxy) is 2. The first-order chi connectivity index (χ1) is 13.9. The van der Waals surface area contributed by atoms with Gasteiger partial charge in [0.1, 0.15) is 11.5 Å². The second kappa shape index (κ2) is 6.27. The van der Waals surface area contributed by atoms with Gasteiger partial charge in [0, 0.05) is 11.1 Å². The van der Waals surface area contributed by atoms with Gasteiger partial charge in [-0.2, -0.15) is 0 Å². The van der Waals surface area contributed by atoms with Crippen LogP contribution in [0.15, 0.2) is 72.8 Å². The summed E-state index contributed by atoms with van der Waals surface area (Å²) in [6, 6.07) is 26.1. The Bertz CT molecular complexity index is 1100. The standard InChI is InChI=1S/C26H22O2/c1-3-7-19-17(5-1)9-11-23-25(19)21(13-15-27-23)22-14-16-28-24-12-10-18-6-2-4-8-20(18)26(22)24/h1-12,21-22H,13-16H2. The molecule has 4 aromatic carbocycles. The molecule has 0 aliphatic carbocycles. The summed E-state index contributed by atoms with van der Waals surface area (Å²) in [6.45, 7) is 1.57. The third-order valence-electron chi connectivity index (χ3n) is 6.46. The van der Waals surface area contributed by atoms with Crippen molar-refractivity contribution in [3.8, 4) is 11.5 Å². The molecule has 0 N–H and O–H groups in total. The predicted molar refractivity (Wildman–Crippen MR) is 114 cm³/mol. The van der Waals surface area contributed by atoms with Crippen molar-refractivity contribution in [1.82, 2.24) is 0 Å². The minimum atomic E-state index is 0.448. The van der Waals surface area contributed by atoms with Gasteiger partial charge in [-0.15, -0.1) is 0 Å². The van der Waals surface area contributed by atoms with Crippen LogP contribution < -0.4 is 9.47 Å². The highest BCUT2D eigenvalue weighted by Gasteiger charge is 2.35. The highest BCUT2D eigenvalue weighted by Crippen LogP contribution is 2.51. The number of fused-ring (bicyclic) bond motifs is 6. The highest BCUT2D eigenvalue weighted by molar-refractivity contribution is 5.90. The topological polar surface area (TPSA) is 18.5 Å². The first-order valence-electron chi connectivity index (χ1n) is 10.2. The molecule has 0 bridgehead atoms. The lowest BCUT2D eigenvalue weighted by atomic mass is 9.73. The van der Waals surface area contributed by atoms with E-state index in [9.17, 15) is 0 Å². The van der Waals surface area contributed by atoms with Crippen LogP contribution in [-0.2, 0) is 0 Å². The second-order valence-electron chi connectivity index (χ2n) is 7.88. The van der Waals surface area contributed by atoms with Crippen LogP contribution in [0.2, 0.25) is 0 Å². The van der Waals surface area contributed by atoms with Crippen molar-refractivity contribution in [2.45, 2.75) is 24.7 Å². The van der Waals surface area contributed by atoms with Gasteiger partial charge in [0.05, 0.1) is 13.2 Å². The lowest BCUT2D eigenvalue weighted by Crippen LogP contribution is -2.25. The summed E-state index contributed by atoms with van der Waals surface area (Å²) in [5.41, 5.74) is 2.77. The zero-order chi connectivity index (χ0) is 18.5. The van der Waals surface area contributed by atoms with Crippen LogP contribution in [0.3, 0.4) is 0 Å². The van der Waals surface area contributed by atoms with Crippen molar-refractivity contribution in [3.05, 3.63) is 83.9 Å². The quantitative estimate of drug-likeness (QED) is 0.387. The van der Waals surface area contributed by atoms with Gasteiger partial charge >= 0.3 is 0 Å². The molecule has 2 heteroatoms. The Hall–Kier alpha value is -3.00. The van der Waals surface area contributed by atoms with Gasteiger partial charge in [-0.3, -0.25) is 0 Å². The van der Waals surface area contributed by atoms with Gasteiger partial charge in [-0.25, -0.2) is 0 Å². The maximum Gasteiger partial charge on any atom is 0.123 e. The van der Waals surface area contributed by atoms with Crippen molar-refractivity contribution in [2.24, 2.45) is 0 Å². The van der Waals surface area contributed by atoms with Gasteiger partial charge in [0.2, 0.25) is 0 Å². The zero-order valence-corrected chi connectivity index (χ0v) is 15.7. The average Bonchev–Trinajstić information content (AvgIpc) is 2.78. The maximum absolute atomic E-state index is 6.10. The summed E-state index contributed by atoms with van der Waals surface area (Å²) in [7, 11) is 0. The number of hydrogen-bond donors (Lipinski definition) is 0. The van der Waals surface area contributed by atoms with E-state index in [4.69, 9.17) is 9.47 Å². The lowest BCUT2D eigenvalue weighted by Gasteiger charge is -2.37. The first-order valence-corrected chi connectivity index (χ1v) is 10.2. The fourth-order valence-corrected chi connectivity index (χ4v) is 5.25. The summed E-state index contributed by atoms with van der Waals surface area (Å²) < 4.78 is 12.2. The molecular formula is C26H22O2. The lowest BCUT2D eigenvalue weighted by molar-refractivity contribution is 0.219. The molecule has 0 spiro atoms. The van der Waals surface area contributed by atoms with Crippen LogP contribution in [0.4, 0.5) is 0 Å². The van der Waals surface area contributed by atoms with E-state index in [1.165, 1.54) is 32.7 Å². The normalized spacial score (nSPS) is 20.9. The van der Waals surface area contributed by atoms with Crippen LogP contribution in [0.1, 0.15) is 35.8 Å². The molecule has 0 amide bonds. The summed E-state index contributed by atoms with van der Waals surface area (Å²) in [5, 5.41) is 5.25. The molecule has 2 aliphatic rings. The summed E-state index contributed by atoms with van der Waals surface area (Å²) in [5.74, 6) is 3.01. The van der Waals surface area contributed by atoms with Crippen LogP contribution in [0.5, 0.6) is 11.5 Å². The van der Waals surface area contributed by atoms with E-state index in [1.807, 2.05) is 0 Å². The fourth-order valence-electron chi connectivity index (χ4n) is 5.25. The zero-order valence-electron chi connectivity index (χ0n) is 15.7. The van der Waals surface area contributed by atoms with E-state index < -0.39 is 0 Å². The van der Waals surface area contributed by atoms with Gasteiger partial charge in [0.15, 0.2) is 0 Å². The molecule has 2 atom stereocenters. The Kier molecular flexibility index (Phi) is 3.58. The average molecular weight is 366 g/mol. The maximum atomic E-state index is 6.10. The fraction of sp³-hybridized carbons (Fsp3) is 0.231. The van der Waals surface area contributed by atoms with Crippen LogP contribution in [-0.4, -0.2) is 13.2 Å². The Morgan fingerprint density at radius 3 is 1.50 bits per heavy atom. The minimum absolute atomic E-state index is 0.448. The van der Waals surface area contributed by atoms with Crippen molar-refractivity contribution < 1.29 is 9.47 Å². The van der Waals surface area contributed by atoms with E-state index in [0.717, 1.165) is 37.6 Å². The van der Waals surface area contributed by atoms with Crippen molar-refractivity contribution >= 4 is 21.5 Å². The largest absolute Gasteiger partial charge is 0.493 e. The highest BCUT2D eigenvalue weighted by atomic mass is 16.5. The van der Waals surface area contributed by atoms with Crippen LogP contribution >= 0.6 is 0 Å². The summed E-state index contributed by atoms with van der Waals surface area (Å²) >= 11 is 0. The third kappa shape index (κ3) is 2.34. The van der Waals surface area contributed by atoms with Crippen LogP contribution in [0.25, 0.3) is 21.5 Å². The van der Waals surface area contributed by atoms with Gasteiger partial charge in [-0.1, -0.05) is 60.7 Å². The molecule has 0 aromatic heterocycles. The Morgan fingerprint density at radius 2 is 1.00 bits per heavy atom. The summed E-state index contributed by atoms with van der Waals surface area (Å²) in [4.78, 5) is 0. The SMILES string of the molecule is c1ccc2c3c(ccc2c1)OCCC3C1CCOc2ccc3ccccc3c21. The molecular weight excluding hydrogens is 344 g/mol. The monoisotopic (exact) mass is 366 g/mol. The molecule has 2 aliphatic heterocycles. The first kappa shape index (κ1) is 16.0. The molecule has 0 saturated heterocycles. The Balaban J connectivity index is 1.59. The van der Waals surface area contributed by atoms with E-state index >= 15 is 0 Å². The number of hydrogen-bond acceptors (Lipinski definition) is 2. The van der Waals surface area contributed by atoms with Gasteiger partial charge in [-0.05, 0) is 58.4 Å². The minimum Gasteiger partial charge on any atom is -0.493 e. The van der Waals surface area contributed by atoms with E-state index in [0.29, 0.717) is 11.8 Å². The molecule has 138 valence electrons. The number of rotatable bonds is 1. The van der Waals surface area contributed by atoms with Crippen LogP contribution in [0, 0.1) is 0 Å². The summed E-state index contributed by atoms with van der Waals surface area (Å²) in [6.07, 6.45) is 2.10. The molecule has 2 heterocycles. The molecule has 4 aromatic rings. The molecule has 0 saturated carbocycles. The van der Waals surface area contributed by atoms with E-state index in [-0.39, 0.29) is 0 Å².